The Labute approximate surface area is 102 Å². The average molecular weight is 230 g/mol. The van der Waals surface area contributed by atoms with Crippen LogP contribution in [0, 0.1) is 11.3 Å². The topological polar surface area (TPSA) is 45.0 Å². The van der Waals surface area contributed by atoms with Gasteiger partial charge in [-0.15, -0.1) is 0 Å². The van der Waals surface area contributed by atoms with Gasteiger partial charge in [0.1, 0.15) is 0 Å². The van der Waals surface area contributed by atoms with E-state index in [4.69, 9.17) is 10.00 Å². The number of piperidine rings is 1. The fourth-order valence-corrected chi connectivity index (χ4v) is 2.40. The molecule has 1 aliphatic rings. The number of hydrogen-bond donors (Lipinski definition) is 1. The van der Waals surface area contributed by atoms with Crippen LogP contribution in [0.1, 0.15) is 24.0 Å². The van der Waals surface area contributed by atoms with Crippen LogP contribution in [0.4, 0.5) is 0 Å². The van der Waals surface area contributed by atoms with Crippen molar-refractivity contribution in [2.75, 3.05) is 20.2 Å². The standard InChI is InChI=1S/C14H18N2O/c1-17-14(6-8-16-9-7-14)10-12-2-4-13(11-15)5-3-12/h2-5,16H,6-10H2,1H3. The van der Waals surface area contributed by atoms with Crippen molar-refractivity contribution in [1.29, 1.82) is 5.26 Å². The number of methoxy groups -OCH3 is 1. The number of rotatable bonds is 3. The van der Waals surface area contributed by atoms with Gasteiger partial charge in [0.25, 0.3) is 0 Å². The molecule has 3 heteroatoms. The van der Waals surface area contributed by atoms with Crippen LogP contribution in [0.3, 0.4) is 0 Å². The van der Waals surface area contributed by atoms with Gasteiger partial charge in [-0.3, -0.25) is 0 Å². The third-order valence-electron chi connectivity index (χ3n) is 3.56. The first kappa shape index (κ1) is 12.1. The Morgan fingerprint density at radius 1 is 1.29 bits per heavy atom. The Morgan fingerprint density at radius 2 is 1.94 bits per heavy atom. The van der Waals surface area contributed by atoms with Gasteiger partial charge in [-0.2, -0.15) is 5.26 Å². The monoisotopic (exact) mass is 230 g/mol. The van der Waals surface area contributed by atoms with Crippen LogP contribution in [-0.4, -0.2) is 25.8 Å². The fraction of sp³-hybridized carbons (Fsp3) is 0.500. The van der Waals surface area contributed by atoms with Crippen LogP contribution in [-0.2, 0) is 11.2 Å². The summed E-state index contributed by atoms with van der Waals surface area (Å²) in [5.74, 6) is 0. The van der Waals surface area contributed by atoms with Crippen molar-refractivity contribution >= 4 is 0 Å². The molecule has 0 radical (unpaired) electrons. The summed E-state index contributed by atoms with van der Waals surface area (Å²) in [6.45, 7) is 2.04. The molecule has 0 amide bonds. The molecule has 1 aromatic carbocycles. The Hall–Kier alpha value is -1.37. The smallest absolute Gasteiger partial charge is 0.0991 e. The van der Waals surface area contributed by atoms with Gasteiger partial charge in [0.15, 0.2) is 0 Å². The van der Waals surface area contributed by atoms with Gasteiger partial charge in [0, 0.05) is 13.5 Å². The summed E-state index contributed by atoms with van der Waals surface area (Å²) < 4.78 is 5.73. The SMILES string of the molecule is COC1(Cc2ccc(C#N)cc2)CCNCC1. The van der Waals surface area contributed by atoms with E-state index in [1.165, 1.54) is 5.56 Å². The largest absolute Gasteiger partial charge is 0.378 e. The number of nitrogens with zero attached hydrogens (tertiary/aromatic N) is 1. The van der Waals surface area contributed by atoms with Gasteiger partial charge in [-0.1, -0.05) is 12.1 Å². The lowest BCUT2D eigenvalue weighted by molar-refractivity contribution is -0.0333. The zero-order valence-corrected chi connectivity index (χ0v) is 10.2. The van der Waals surface area contributed by atoms with E-state index in [1.807, 2.05) is 24.3 Å². The minimum atomic E-state index is -0.0284. The number of benzene rings is 1. The number of nitriles is 1. The van der Waals surface area contributed by atoms with Crippen molar-refractivity contribution in [1.82, 2.24) is 5.32 Å². The third-order valence-corrected chi connectivity index (χ3v) is 3.56. The van der Waals surface area contributed by atoms with E-state index in [1.54, 1.807) is 7.11 Å². The van der Waals surface area contributed by atoms with Crippen molar-refractivity contribution in [3.63, 3.8) is 0 Å². The Kier molecular flexibility index (Phi) is 3.78. The molecule has 0 atom stereocenters. The lowest BCUT2D eigenvalue weighted by atomic mass is 9.85. The molecule has 1 aromatic rings. The highest BCUT2D eigenvalue weighted by atomic mass is 16.5. The minimum absolute atomic E-state index is 0.0284. The molecule has 0 bridgehead atoms. The van der Waals surface area contributed by atoms with Gasteiger partial charge >= 0.3 is 0 Å². The summed E-state index contributed by atoms with van der Waals surface area (Å²) in [6.07, 6.45) is 3.02. The van der Waals surface area contributed by atoms with E-state index in [9.17, 15) is 0 Å². The zero-order valence-electron chi connectivity index (χ0n) is 10.2. The highest BCUT2D eigenvalue weighted by Crippen LogP contribution is 2.27. The van der Waals surface area contributed by atoms with Crippen molar-refractivity contribution in [3.8, 4) is 6.07 Å². The number of hydrogen-bond acceptors (Lipinski definition) is 3. The van der Waals surface area contributed by atoms with Gasteiger partial charge in [-0.25, -0.2) is 0 Å². The van der Waals surface area contributed by atoms with Crippen LogP contribution >= 0.6 is 0 Å². The first-order valence-electron chi connectivity index (χ1n) is 6.03. The van der Waals surface area contributed by atoms with Crippen LogP contribution in [0.5, 0.6) is 0 Å². The maximum absolute atomic E-state index is 8.76. The molecule has 17 heavy (non-hydrogen) atoms. The first-order chi connectivity index (χ1) is 8.28. The molecule has 0 spiro atoms. The van der Waals surface area contributed by atoms with Gasteiger partial charge in [-0.05, 0) is 43.6 Å². The van der Waals surface area contributed by atoms with E-state index >= 15 is 0 Å². The van der Waals surface area contributed by atoms with Crippen LogP contribution in [0.15, 0.2) is 24.3 Å². The third kappa shape index (κ3) is 2.85. The second kappa shape index (κ2) is 5.31. The normalized spacial score (nSPS) is 18.6. The average Bonchev–Trinajstić information content (AvgIpc) is 2.41. The van der Waals surface area contributed by atoms with Crippen molar-refractivity contribution in [2.45, 2.75) is 24.9 Å². The molecule has 90 valence electrons. The quantitative estimate of drug-likeness (QED) is 0.862. The Balaban J connectivity index is 2.09. The fourth-order valence-electron chi connectivity index (χ4n) is 2.40. The lowest BCUT2D eigenvalue weighted by Crippen LogP contribution is -2.44. The lowest BCUT2D eigenvalue weighted by Gasteiger charge is -2.36. The molecule has 3 nitrogen and oxygen atoms in total. The Morgan fingerprint density at radius 3 is 2.47 bits per heavy atom. The summed E-state index contributed by atoms with van der Waals surface area (Å²) in [5, 5.41) is 12.1. The van der Waals surface area contributed by atoms with Gasteiger partial charge in [0.05, 0.1) is 17.2 Å². The zero-order chi connectivity index (χ0) is 12.1. The number of nitrogens with one attached hydrogen (secondary N) is 1. The number of ether oxygens (including phenoxy) is 1. The molecule has 1 aliphatic heterocycles. The Bertz CT molecular complexity index is 399. The van der Waals surface area contributed by atoms with Crippen molar-refractivity contribution < 1.29 is 4.74 Å². The van der Waals surface area contributed by atoms with E-state index in [0.717, 1.165) is 32.4 Å². The molecular weight excluding hydrogens is 212 g/mol. The molecule has 0 saturated carbocycles. The second-order valence-electron chi connectivity index (χ2n) is 4.62. The highest BCUT2D eigenvalue weighted by molar-refractivity contribution is 5.32. The van der Waals surface area contributed by atoms with Crippen LogP contribution in [0.25, 0.3) is 0 Å². The summed E-state index contributed by atoms with van der Waals surface area (Å²) >= 11 is 0. The summed E-state index contributed by atoms with van der Waals surface area (Å²) in [6, 6.07) is 9.95. The van der Waals surface area contributed by atoms with Gasteiger partial charge < -0.3 is 10.1 Å². The second-order valence-corrected chi connectivity index (χ2v) is 4.62. The van der Waals surface area contributed by atoms with E-state index in [-0.39, 0.29) is 5.60 Å². The maximum Gasteiger partial charge on any atom is 0.0991 e. The summed E-state index contributed by atoms with van der Waals surface area (Å²) in [7, 11) is 1.80. The summed E-state index contributed by atoms with van der Waals surface area (Å²) in [4.78, 5) is 0. The summed E-state index contributed by atoms with van der Waals surface area (Å²) in [5.41, 5.74) is 1.93. The van der Waals surface area contributed by atoms with E-state index < -0.39 is 0 Å². The van der Waals surface area contributed by atoms with Crippen LogP contribution < -0.4 is 5.32 Å². The molecule has 1 fully saturated rings. The minimum Gasteiger partial charge on any atom is -0.378 e. The van der Waals surface area contributed by atoms with E-state index in [2.05, 4.69) is 11.4 Å². The predicted molar refractivity (Wildman–Crippen MR) is 66.7 cm³/mol. The molecular formula is C14H18N2O. The van der Waals surface area contributed by atoms with Crippen molar-refractivity contribution in [2.24, 2.45) is 0 Å². The maximum atomic E-state index is 8.76. The molecule has 1 N–H and O–H groups in total. The molecule has 2 rings (SSSR count). The van der Waals surface area contributed by atoms with Gasteiger partial charge in [0.2, 0.25) is 0 Å². The molecule has 0 unspecified atom stereocenters. The first-order valence-corrected chi connectivity index (χ1v) is 6.03. The predicted octanol–water partition coefficient (Wildman–Crippen LogP) is 1.87. The highest BCUT2D eigenvalue weighted by Gasteiger charge is 2.31. The molecule has 1 saturated heterocycles. The van der Waals surface area contributed by atoms with Crippen molar-refractivity contribution in [3.05, 3.63) is 35.4 Å². The van der Waals surface area contributed by atoms with E-state index in [0.29, 0.717) is 5.56 Å². The molecule has 1 heterocycles. The van der Waals surface area contributed by atoms with Crippen LogP contribution in [0.2, 0.25) is 0 Å². The molecule has 0 aliphatic carbocycles. The molecule has 0 aromatic heterocycles.